The van der Waals surface area contributed by atoms with Gasteiger partial charge in [0.2, 0.25) is 0 Å². The van der Waals surface area contributed by atoms with Gasteiger partial charge in [0.25, 0.3) is 5.91 Å². The van der Waals surface area contributed by atoms with Crippen molar-refractivity contribution in [2.45, 2.75) is 25.3 Å². The zero-order chi connectivity index (χ0) is 34.0. The Morgan fingerprint density at radius 1 is 0.894 bits per heavy atom. The number of nitrogens with zero attached hydrogens (tertiary/aromatic N) is 1. The summed E-state index contributed by atoms with van der Waals surface area (Å²) in [5.74, 6) is -2.36. The van der Waals surface area contributed by atoms with Crippen LogP contribution in [0.3, 0.4) is 0 Å². The number of nitrogens with one attached hydrogen (secondary N) is 1. The normalized spacial score (nSPS) is 17.6. The van der Waals surface area contributed by atoms with Gasteiger partial charge in [0.1, 0.15) is 35.2 Å². The van der Waals surface area contributed by atoms with Crippen molar-refractivity contribution in [1.82, 2.24) is 5.32 Å². The van der Waals surface area contributed by atoms with Gasteiger partial charge in [0.15, 0.2) is 25.9 Å². The van der Waals surface area contributed by atoms with E-state index in [1.807, 2.05) is 0 Å². The molecule has 1 aliphatic heterocycles. The molecule has 3 aromatic rings. The van der Waals surface area contributed by atoms with Crippen molar-refractivity contribution in [2.24, 2.45) is 0 Å². The number of benzene rings is 3. The number of methoxy groups -OCH3 is 3. The van der Waals surface area contributed by atoms with E-state index in [9.17, 15) is 28.7 Å². The molecule has 1 saturated heterocycles. The van der Waals surface area contributed by atoms with Gasteiger partial charge in [-0.3, -0.25) is 14.4 Å². The molecular weight excluding hydrogens is 619 g/mol. The molecule has 2 unspecified atom stereocenters. The Balaban J connectivity index is 1.51. The minimum atomic E-state index is -1.42. The molecule has 2 atom stereocenters. The number of hydrogen-bond acceptors (Lipinski definition) is 10. The van der Waals surface area contributed by atoms with Crippen molar-refractivity contribution in [3.05, 3.63) is 88.7 Å². The average molecular weight is 656 g/mol. The van der Waals surface area contributed by atoms with Crippen molar-refractivity contribution >= 4 is 23.8 Å². The highest BCUT2D eigenvalue weighted by atomic mass is 19.1. The number of halogens is 1. The summed E-state index contributed by atoms with van der Waals surface area (Å²) in [6.45, 7) is -0.595. The second-order valence-electron chi connectivity index (χ2n) is 10.6. The van der Waals surface area contributed by atoms with Crippen LogP contribution < -0.4 is 19.5 Å². The number of hydrogen-bond donors (Lipinski definition) is 2. The minimum absolute atomic E-state index is 0.0128. The molecule has 0 bridgehead atoms. The summed E-state index contributed by atoms with van der Waals surface area (Å²) in [4.78, 5) is 58.0. The Morgan fingerprint density at radius 2 is 1.57 bits per heavy atom. The van der Waals surface area contributed by atoms with Crippen LogP contribution in [0.15, 0.2) is 60.7 Å². The van der Waals surface area contributed by atoms with Crippen molar-refractivity contribution in [1.29, 1.82) is 0 Å². The van der Waals surface area contributed by atoms with Crippen LogP contribution in [-0.4, -0.2) is 87.6 Å². The van der Waals surface area contributed by atoms with E-state index >= 15 is 0 Å². The highest BCUT2D eigenvalue weighted by Crippen LogP contribution is 2.28. The van der Waals surface area contributed by atoms with Crippen LogP contribution >= 0.6 is 0 Å². The molecule has 14 heteroatoms. The number of quaternary nitrogens is 1. The van der Waals surface area contributed by atoms with Gasteiger partial charge in [-0.25, -0.2) is 9.18 Å². The predicted molar refractivity (Wildman–Crippen MR) is 163 cm³/mol. The Hall–Kier alpha value is -5.05. The van der Waals surface area contributed by atoms with Crippen LogP contribution in [0.5, 0.6) is 17.2 Å². The Labute approximate surface area is 270 Å². The van der Waals surface area contributed by atoms with Crippen molar-refractivity contribution in [3.8, 4) is 17.2 Å². The summed E-state index contributed by atoms with van der Waals surface area (Å²) in [5.41, 5.74) is -0.136. The van der Waals surface area contributed by atoms with Crippen LogP contribution in [0.1, 0.15) is 55.9 Å². The molecule has 2 N–H and O–H groups in total. The van der Waals surface area contributed by atoms with Gasteiger partial charge >= 0.3 is 12.1 Å². The topological polar surface area (TPSA) is 156 Å². The van der Waals surface area contributed by atoms with Crippen LogP contribution in [0.2, 0.25) is 0 Å². The number of amides is 2. The molecule has 1 aliphatic rings. The third-order valence-corrected chi connectivity index (χ3v) is 7.46. The molecule has 2 amide bonds. The number of carbonyl (C=O) groups excluding carboxylic acids is 3. The lowest BCUT2D eigenvalue weighted by atomic mass is 10.0. The standard InChI is InChI=1S/C33H35FN2O11/c1-42-19-45-27-15-14-24(44-3)17-25(27)31(38)35-23-7-4-5-16-36(18-23,33(40)41)47-32(39)22-12-10-21(11-13-22)30(37)29-26(34)8-6-9-28(29)46-20-43-2/h6,8-15,17,23H,4-5,7,16,18-20H2,1-3H3,(H-,35,38,40,41)/p+1. The first kappa shape index (κ1) is 34.8. The fourth-order valence-electron chi connectivity index (χ4n) is 5.12. The molecule has 0 saturated carbocycles. The van der Waals surface area contributed by atoms with Crippen molar-refractivity contribution in [2.75, 3.05) is 48.0 Å². The van der Waals surface area contributed by atoms with Gasteiger partial charge in [0.05, 0.1) is 24.3 Å². The summed E-state index contributed by atoms with van der Waals surface area (Å²) in [6.07, 6.45) is -0.0294. The Bertz CT molecular complexity index is 1600. The summed E-state index contributed by atoms with van der Waals surface area (Å²) in [5, 5.41) is 13.1. The minimum Gasteiger partial charge on any atom is -0.497 e. The zero-order valence-electron chi connectivity index (χ0n) is 26.2. The smallest absolute Gasteiger partial charge is 0.497 e. The maximum Gasteiger partial charge on any atom is 0.556 e. The number of carboxylic acid groups (broad SMARTS) is 1. The molecule has 47 heavy (non-hydrogen) atoms. The van der Waals surface area contributed by atoms with E-state index < -0.39 is 40.3 Å². The number of hydroxylamine groups is 3. The lowest BCUT2D eigenvalue weighted by molar-refractivity contribution is -1.03. The first-order valence-corrected chi connectivity index (χ1v) is 14.6. The molecule has 13 nitrogen and oxygen atoms in total. The molecule has 4 rings (SSSR count). The molecule has 0 aliphatic carbocycles. The van der Waals surface area contributed by atoms with E-state index in [-0.39, 0.29) is 60.4 Å². The van der Waals surface area contributed by atoms with E-state index in [1.165, 1.54) is 63.8 Å². The van der Waals surface area contributed by atoms with Crippen molar-refractivity contribution < 1.29 is 61.8 Å². The Kier molecular flexibility index (Phi) is 11.8. The lowest BCUT2D eigenvalue weighted by Crippen LogP contribution is -2.58. The summed E-state index contributed by atoms with van der Waals surface area (Å²) in [7, 11) is 4.28. The van der Waals surface area contributed by atoms with Gasteiger partial charge in [0, 0.05) is 26.2 Å². The molecule has 3 aromatic carbocycles. The Morgan fingerprint density at radius 3 is 2.23 bits per heavy atom. The number of likely N-dealkylation sites (tertiary alicyclic amines) is 1. The van der Waals surface area contributed by atoms with Gasteiger partial charge in [-0.15, -0.1) is 0 Å². The van der Waals surface area contributed by atoms with Crippen molar-refractivity contribution in [3.63, 3.8) is 0 Å². The summed E-state index contributed by atoms with van der Waals surface area (Å²) < 4.78 is 39.4. The lowest BCUT2D eigenvalue weighted by Gasteiger charge is -2.30. The largest absolute Gasteiger partial charge is 0.556 e. The summed E-state index contributed by atoms with van der Waals surface area (Å²) in [6, 6.07) is 13.1. The first-order chi connectivity index (χ1) is 22.6. The van der Waals surface area contributed by atoms with Gasteiger partial charge < -0.3 is 34.1 Å². The SMILES string of the molecule is COCOc1ccc(OC)cc1C(=O)NC1CCCC[N+](OC(=O)c2ccc(C(=O)c3c(F)cccc3OCOC)cc2)(C(=O)O)C1. The fraction of sp³-hybridized carbons (Fsp3) is 0.333. The third-order valence-electron chi connectivity index (χ3n) is 7.46. The van der Waals surface area contributed by atoms with Crippen LogP contribution in [0, 0.1) is 5.82 Å². The van der Waals surface area contributed by atoms with E-state index in [2.05, 4.69) is 5.32 Å². The van der Waals surface area contributed by atoms with Gasteiger partial charge in [-0.1, -0.05) is 18.2 Å². The van der Waals surface area contributed by atoms with E-state index in [0.29, 0.717) is 25.0 Å². The van der Waals surface area contributed by atoms with E-state index in [4.69, 9.17) is 28.5 Å². The first-order valence-electron chi connectivity index (χ1n) is 14.6. The van der Waals surface area contributed by atoms with E-state index in [1.54, 1.807) is 12.1 Å². The molecule has 1 fully saturated rings. The van der Waals surface area contributed by atoms with Crippen LogP contribution in [-0.2, 0) is 14.3 Å². The number of carbonyl (C=O) groups is 4. The second-order valence-corrected chi connectivity index (χ2v) is 10.6. The third kappa shape index (κ3) is 8.41. The molecule has 1 heterocycles. The highest BCUT2D eigenvalue weighted by molar-refractivity contribution is 6.11. The molecule has 0 radical (unpaired) electrons. The second kappa shape index (κ2) is 16.0. The summed E-state index contributed by atoms with van der Waals surface area (Å²) >= 11 is 0. The molecule has 250 valence electrons. The average Bonchev–Trinajstić information content (AvgIpc) is 3.28. The van der Waals surface area contributed by atoms with Crippen LogP contribution in [0.4, 0.5) is 9.18 Å². The zero-order valence-corrected chi connectivity index (χ0v) is 26.2. The van der Waals surface area contributed by atoms with E-state index in [0.717, 1.165) is 6.07 Å². The maximum atomic E-state index is 14.6. The predicted octanol–water partition coefficient (Wildman–Crippen LogP) is 4.58. The number of ketones is 1. The maximum absolute atomic E-state index is 14.6. The molecule has 0 spiro atoms. The molecular formula is C33H36FN2O11+. The highest BCUT2D eigenvalue weighted by Gasteiger charge is 2.47. The number of rotatable bonds is 12. The monoisotopic (exact) mass is 655 g/mol. The van der Waals surface area contributed by atoms with Gasteiger partial charge in [-0.2, -0.15) is 4.79 Å². The quantitative estimate of drug-likeness (QED) is 0.160. The van der Waals surface area contributed by atoms with Crippen LogP contribution in [0.25, 0.3) is 0 Å². The molecule has 0 aromatic heterocycles. The fourth-order valence-corrected chi connectivity index (χ4v) is 5.12. The number of ether oxygens (including phenoxy) is 5. The van der Waals surface area contributed by atoms with Gasteiger partial charge in [-0.05, 0) is 60.0 Å².